The Morgan fingerprint density at radius 2 is 1.36 bits per heavy atom. The number of nitrogens with zero attached hydrogens (tertiary/aromatic N) is 2. The van der Waals surface area contributed by atoms with E-state index in [1.54, 1.807) is 19.2 Å². The van der Waals surface area contributed by atoms with Crippen molar-refractivity contribution in [2.24, 2.45) is 0 Å². The largest absolute Gasteiger partial charge is 0.495 e. The van der Waals surface area contributed by atoms with Crippen molar-refractivity contribution in [3.05, 3.63) is 114 Å². The minimum Gasteiger partial charge on any atom is -0.495 e. The molecule has 1 N–H and O–H groups in total. The van der Waals surface area contributed by atoms with Crippen LogP contribution in [-0.4, -0.2) is 24.8 Å². The second-order valence-electron chi connectivity index (χ2n) is 7.45. The fourth-order valence-electron chi connectivity index (χ4n) is 3.44. The van der Waals surface area contributed by atoms with Crippen LogP contribution in [0.4, 0.5) is 11.5 Å². The van der Waals surface area contributed by atoms with Crippen LogP contribution < -0.4 is 10.1 Å². The number of para-hydroxylation sites is 2. The van der Waals surface area contributed by atoms with E-state index in [2.05, 4.69) is 10.3 Å². The Bertz CT molecular complexity index is 1240. The molecule has 0 radical (unpaired) electrons. The summed E-state index contributed by atoms with van der Waals surface area (Å²) < 4.78 is 33.9. The Morgan fingerprint density at radius 1 is 0.788 bits per heavy atom. The summed E-state index contributed by atoms with van der Waals surface area (Å²) >= 11 is 0. The van der Waals surface area contributed by atoms with Crippen LogP contribution in [-0.2, 0) is 23.1 Å². The third-order valence-corrected chi connectivity index (χ3v) is 6.92. The molecule has 33 heavy (non-hydrogen) atoms. The van der Waals surface area contributed by atoms with E-state index in [4.69, 9.17) is 4.74 Å². The molecular formula is C26H25N3O3S. The summed E-state index contributed by atoms with van der Waals surface area (Å²) in [6.45, 7) is 0.526. The third-order valence-electron chi connectivity index (χ3n) is 5.15. The first-order valence-electron chi connectivity index (χ1n) is 10.5. The quantitative estimate of drug-likeness (QED) is 0.371. The number of nitrogens with one attached hydrogen (secondary N) is 1. The van der Waals surface area contributed by atoms with Gasteiger partial charge in [0.25, 0.3) is 0 Å². The molecule has 0 fully saturated rings. The zero-order chi connectivity index (χ0) is 23.1. The molecule has 1 heterocycles. The zero-order valence-corrected chi connectivity index (χ0v) is 19.1. The lowest BCUT2D eigenvalue weighted by Crippen LogP contribution is -2.30. The fraction of sp³-hybridized carbons (Fsp3) is 0.115. The highest BCUT2D eigenvalue weighted by molar-refractivity contribution is 7.89. The first kappa shape index (κ1) is 22.5. The Hall–Kier alpha value is -3.68. The van der Waals surface area contributed by atoms with Gasteiger partial charge in [0.05, 0.1) is 12.8 Å². The molecule has 0 bridgehead atoms. The van der Waals surface area contributed by atoms with Gasteiger partial charge in [0, 0.05) is 19.3 Å². The van der Waals surface area contributed by atoms with Gasteiger partial charge in [-0.05, 0) is 35.4 Å². The molecule has 168 valence electrons. The number of pyridine rings is 1. The maximum absolute atomic E-state index is 13.6. The first-order valence-corrected chi connectivity index (χ1v) is 11.9. The molecule has 0 atom stereocenters. The van der Waals surface area contributed by atoms with E-state index in [1.807, 2.05) is 84.9 Å². The lowest BCUT2D eigenvalue weighted by atomic mass is 10.2. The number of ether oxygens (including phenoxy) is 1. The van der Waals surface area contributed by atoms with Crippen LogP contribution >= 0.6 is 0 Å². The van der Waals surface area contributed by atoms with Crippen LogP contribution in [0.5, 0.6) is 5.75 Å². The molecule has 0 aliphatic carbocycles. The minimum atomic E-state index is -3.78. The second-order valence-corrected chi connectivity index (χ2v) is 9.39. The number of rotatable bonds is 9. The highest BCUT2D eigenvalue weighted by Crippen LogP contribution is 2.27. The predicted octanol–water partition coefficient (Wildman–Crippen LogP) is 5.22. The Balaban J connectivity index is 1.60. The van der Waals surface area contributed by atoms with E-state index in [0.717, 1.165) is 16.8 Å². The third kappa shape index (κ3) is 5.58. The first-order chi connectivity index (χ1) is 16.1. The van der Waals surface area contributed by atoms with Crippen LogP contribution in [0.3, 0.4) is 0 Å². The topological polar surface area (TPSA) is 71.5 Å². The highest BCUT2D eigenvalue weighted by Gasteiger charge is 2.25. The van der Waals surface area contributed by atoms with Crippen molar-refractivity contribution in [2.45, 2.75) is 18.0 Å². The number of sulfonamides is 1. The SMILES string of the molecule is COc1ccccc1Nc1ccc(S(=O)(=O)N(Cc2ccccc2)Cc2ccccc2)cn1. The molecule has 0 amide bonds. The van der Waals surface area contributed by atoms with Crippen LogP contribution in [0.15, 0.2) is 108 Å². The van der Waals surface area contributed by atoms with Gasteiger partial charge in [-0.15, -0.1) is 0 Å². The summed E-state index contributed by atoms with van der Waals surface area (Å²) in [4.78, 5) is 4.48. The molecule has 1 aromatic heterocycles. The highest BCUT2D eigenvalue weighted by atomic mass is 32.2. The molecule has 4 rings (SSSR count). The second kappa shape index (κ2) is 10.3. The number of aromatic nitrogens is 1. The van der Waals surface area contributed by atoms with Gasteiger partial charge in [0.15, 0.2) is 0 Å². The summed E-state index contributed by atoms with van der Waals surface area (Å²) in [5.41, 5.74) is 2.58. The number of hydrogen-bond acceptors (Lipinski definition) is 5. The fourth-order valence-corrected chi connectivity index (χ4v) is 4.80. The average molecular weight is 460 g/mol. The van der Waals surface area contributed by atoms with E-state index in [9.17, 15) is 8.42 Å². The summed E-state index contributed by atoms with van der Waals surface area (Å²) in [6.07, 6.45) is 1.38. The predicted molar refractivity (Wildman–Crippen MR) is 130 cm³/mol. The minimum absolute atomic E-state index is 0.139. The smallest absolute Gasteiger partial charge is 0.245 e. The average Bonchev–Trinajstić information content (AvgIpc) is 2.85. The van der Waals surface area contributed by atoms with Gasteiger partial charge in [-0.3, -0.25) is 0 Å². The van der Waals surface area contributed by atoms with E-state index in [1.165, 1.54) is 10.5 Å². The maximum atomic E-state index is 13.6. The van der Waals surface area contributed by atoms with Crippen LogP contribution in [0.2, 0.25) is 0 Å². The van der Waals surface area contributed by atoms with Crippen LogP contribution in [0.25, 0.3) is 0 Å². The van der Waals surface area contributed by atoms with Crippen LogP contribution in [0, 0.1) is 0 Å². The molecule has 0 aliphatic heterocycles. The number of benzene rings is 3. The van der Waals surface area contributed by atoms with Crippen molar-refractivity contribution >= 4 is 21.5 Å². The normalized spacial score (nSPS) is 11.3. The molecular weight excluding hydrogens is 434 g/mol. The molecule has 7 heteroatoms. The number of anilines is 2. The van der Waals surface area contributed by atoms with Gasteiger partial charge in [0.1, 0.15) is 16.5 Å². The number of methoxy groups -OCH3 is 1. The Labute approximate surface area is 194 Å². The monoisotopic (exact) mass is 459 g/mol. The lowest BCUT2D eigenvalue weighted by Gasteiger charge is -2.22. The molecule has 0 saturated carbocycles. The van der Waals surface area contributed by atoms with Crippen molar-refractivity contribution in [2.75, 3.05) is 12.4 Å². The molecule has 0 spiro atoms. The molecule has 0 aliphatic rings. The van der Waals surface area contributed by atoms with E-state index < -0.39 is 10.0 Å². The molecule has 3 aromatic carbocycles. The summed E-state index contributed by atoms with van der Waals surface area (Å²) in [5.74, 6) is 1.20. The number of hydrogen-bond donors (Lipinski definition) is 1. The molecule has 4 aromatic rings. The van der Waals surface area contributed by atoms with E-state index in [0.29, 0.717) is 11.6 Å². The van der Waals surface area contributed by atoms with Gasteiger partial charge < -0.3 is 10.1 Å². The van der Waals surface area contributed by atoms with Crippen molar-refractivity contribution in [3.63, 3.8) is 0 Å². The molecule has 0 unspecified atom stereocenters. The lowest BCUT2D eigenvalue weighted by molar-refractivity contribution is 0.401. The van der Waals surface area contributed by atoms with E-state index >= 15 is 0 Å². The van der Waals surface area contributed by atoms with Gasteiger partial charge in [-0.25, -0.2) is 13.4 Å². The molecule has 6 nitrogen and oxygen atoms in total. The summed E-state index contributed by atoms with van der Waals surface area (Å²) in [5, 5.41) is 3.17. The van der Waals surface area contributed by atoms with Gasteiger partial charge in [0.2, 0.25) is 10.0 Å². The zero-order valence-electron chi connectivity index (χ0n) is 18.3. The Kier molecular flexibility index (Phi) is 7.02. The van der Waals surface area contributed by atoms with Crippen molar-refractivity contribution in [1.29, 1.82) is 0 Å². The van der Waals surface area contributed by atoms with Gasteiger partial charge in [-0.2, -0.15) is 4.31 Å². The maximum Gasteiger partial charge on any atom is 0.245 e. The van der Waals surface area contributed by atoms with Gasteiger partial charge in [-0.1, -0.05) is 72.8 Å². The van der Waals surface area contributed by atoms with E-state index in [-0.39, 0.29) is 18.0 Å². The van der Waals surface area contributed by atoms with Crippen molar-refractivity contribution < 1.29 is 13.2 Å². The summed E-state index contributed by atoms with van der Waals surface area (Å²) in [7, 11) is -2.19. The Morgan fingerprint density at radius 3 is 1.91 bits per heavy atom. The van der Waals surface area contributed by atoms with Gasteiger partial charge >= 0.3 is 0 Å². The van der Waals surface area contributed by atoms with Crippen LogP contribution in [0.1, 0.15) is 11.1 Å². The van der Waals surface area contributed by atoms with Crippen molar-refractivity contribution in [1.82, 2.24) is 9.29 Å². The standard InChI is InChI=1S/C26H25N3O3S/c1-32-25-15-9-8-14-24(25)28-26-17-16-23(18-27-26)33(30,31)29(19-21-10-4-2-5-11-21)20-22-12-6-3-7-13-22/h2-18H,19-20H2,1H3,(H,27,28). The summed E-state index contributed by atoms with van der Waals surface area (Å²) in [6, 6.07) is 29.8. The molecule has 0 saturated heterocycles. The van der Waals surface area contributed by atoms with Crippen molar-refractivity contribution in [3.8, 4) is 5.75 Å².